The Hall–Kier alpha value is -0.690. The van der Waals surface area contributed by atoms with Crippen LogP contribution in [-0.4, -0.2) is 32.5 Å². The van der Waals surface area contributed by atoms with Crippen LogP contribution in [0.2, 0.25) is 5.02 Å². The Balaban J connectivity index is 2.13. The number of nitrogens with zero attached hydrogens (tertiary/aromatic N) is 1. The zero-order valence-electron chi connectivity index (χ0n) is 9.19. The summed E-state index contributed by atoms with van der Waals surface area (Å²) in [5.41, 5.74) is 0. The summed E-state index contributed by atoms with van der Waals surface area (Å²) >= 11 is 5.73. The summed E-state index contributed by atoms with van der Waals surface area (Å²) in [5.74, 6) is 0. The SMILES string of the molecule is O=S(=O)(NC1CCNCC1)c1cncc(Cl)c1. The van der Waals surface area contributed by atoms with Gasteiger partial charge in [-0.25, -0.2) is 13.1 Å². The normalized spacial score (nSPS) is 18.2. The highest BCUT2D eigenvalue weighted by atomic mass is 35.5. The molecule has 5 nitrogen and oxygen atoms in total. The molecule has 0 aromatic carbocycles. The van der Waals surface area contributed by atoms with Crippen LogP contribution < -0.4 is 10.0 Å². The molecule has 0 atom stereocenters. The van der Waals surface area contributed by atoms with E-state index in [0.717, 1.165) is 25.9 Å². The monoisotopic (exact) mass is 275 g/mol. The van der Waals surface area contributed by atoms with Crippen LogP contribution >= 0.6 is 11.6 Å². The lowest BCUT2D eigenvalue weighted by Gasteiger charge is -2.23. The highest BCUT2D eigenvalue weighted by Crippen LogP contribution is 2.15. The summed E-state index contributed by atoms with van der Waals surface area (Å²) in [5, 5.41) is 3.50. The summed E-state index contributed by atoms with van der Waals surface area (Å²) < 4.78 is 26.7. The molecule has 0 amide bonds. The quantitative estimate of drug-likeness (QED) is 0.855. The van der Waals surface area contributed by atoms with Gasteiger partial charge in [-0.2, -0.15) is 0 Å². The van der Waals surface area contributed by atoms with Crippen molar-refractivity contribution in [3.63, 3.8) is 0 Å². The summed E-state index contributed by atoms with van der Waals surface area (Å²) in [6.45, 7) is 1.67. The van der Waals surface area contributed by atoms with Crippen molar-refractivity contribution in [1.82, 2.24) is 15.0 Å². The van der Waals surface area contributed by atoms with E-state index in [-0.39, 0.29) is 10.9 Å². The van der Waals surface area contributed by atoms with Gasteiger partial charge in [0.25, 0.3) is 0 Å². The molecule has 2 N–H and O–H groups in total. The Bertz CT molecular complexity index is 486. The largest absolute Gasteiger partial charge is 0.317 e. The molecule has 1 aromatic rings. The van der Waals surface area contributed by atoms with Gasteiger partial charge in [0.05, 0.1) is 5.02 Å². The van der Waals surface area contributed by atoms with Crippen LogP contribution in [0.25, 0.3) is 0 Å². The maximum atomic E-state index is 12.0. The van der Waals surface area contributed by atoms with Gasteiger partial charge >= 0.3 is 0 Å². The molecule has 0 bridgehead atoms. The van der Waals surface area contributed by atoms with E-state index >= 15 is 0 Å². The predicted molar refractivity (Wildman–Crippen MR) is 65.5 cm³/mol. The molecule has 0 radical (unpaired) electrons. The maximum absolute atomic E-state index is 12.0. The van der Waals surface area contributed by atoms with Crippen molar-refractivity contribution in [3.8, 4) is 0 Å². The third-order valence-corrected chi connectivity index (χ3v) is 4.35. The van der Waals surface area contributed by atoms with Gasteiger partial charge in [-0.15, -0.1) is 0 Å². The van der Waals surface area contributed by atoms with Crippen molar-refractivity contribution >= 4 is 21.6 Å². The number of sulfonamides is 1. The number of pyridine rings is 1. The average Bonchev–Trinajstić information content (AvgIpc) is 2.30. The second-order valence-corrected chi connectivity index (χ2v) is 6.13. The maximum Gasteiger partial charge on any atom is 0.242 e. The fourth-order valence-electron chi connectivity index (χ4n) is 1.77. The number of hydrogen-bond donors (Lipinski definition) is 2. The second kappa shape index (κ2) is 5.30. The van der Waals surface area contributed by atoms with Gasteiger partial charge in [0.15, 0.2) is 0 Å². The lowest BCUT2D eigenvalue weighted by molar-refractivity contribution is 0.427. The van der Waals surface area contributed by atoms with Crippen molar-refractivity contribution in [2.24, 2.45) is 0 Å². The van der Waals surface area contributed by atoms with Crippen LogP contribution in [0.3, 0.4) is 0 Å². The standard InChI is InChI=1S/C10H14ClN3O2S/c11-8-5-10(7-13-6-8)17(15,16)14-9-1-3-12-4-2-9/h5-7,9,12,14H,1-4H2. The molecule has 1 fully saturated rings. The lowest BCUT2D eigenvalue weighted by atomic mass is 10.1. The molecular weight excluding hydrogens is 262 g/mol. The number of rotatable bonds is 3. The van der Waals surface area contributed by atoms with Crippen LogP contribution in [0.5, 0.6) is 0 Å². The van der Waals surface area contributed by atoms with Crippen molar-refractivity contribution in [1.29, 1.82) is 0 Å². The van der Waals surface area contributed by atoms with E-state index in [1.807, 2.05) is 0 Å². The second-order valence-electron chi connectivity index (χ2n) is 3.98. The van der Waals surface area contributed by atoms with Gasteiger partial charge in [0, 0.05) is 18.4 Å². The predicted octanol–water partition coefficient (Wildman–Crippen LogP) is 0.765. The van der Waals surface area contributed by atoms with Crippen LogP contribution in [-0.2, 0) is 10.0 Å². The van der Waals surface area contributed by atoms with E-state index in [0.29, 0.717) is 5.02 Å². The summed E-state index contributed by atoms with van der Waals surface area (Å²) in [7, 11) is -3.51. The lowest BCUT2D eigenvalue weighted by Crippen LogP contribution is -2.42. The van der Waals surface area contributed by atoms with Crippen molar-refractivity contribution in [2.75, 3.05) is 13.1 Å². The van der Waals surface area contributed by atoms with E-state index in [2.05, 4.69) is 15.0 Å². The van der Waals surface area contributed by atoms with Gasteiger partial charge in [-0.05, 0) is 32.0 Å². The summed E-state index contributed by atoms with van der Waals surface area (Å²) in [4.78, 5) is 3.89. The first-order chi connectivity index (χ1) is 8.08. The Kier molecular flexibility index (Phi) is 3.98. The molecule has 0 aliphatic carbocycles. The number of hydrogen-bond acceptors (Lipinski definition) is 4. The molecule has 17 heavy (non-hydrogen) atoms. The number of piperidine rings is 1. The van der Waals surface area contributed by atoms with Crippen molar-refractivity contribution in [2.45, 2.75) is 23.8 Å². The highest BCUT2D eigenvalue weighted by Gasteiger charge is 2.21. The fourth-order valence-corrected chi connectivity index (χ4v) is 3.30. The average molecular weight is 276 g/mol. The first kappa shape index (κ1) is 12.8. The van der Waals surface area contributed by atoms with Crippen LogP contribution in [0.1, 0.15) is 12.8 Å². The van der Waals surface area contributed by atoms with Crippen LogP contribution in [0.15, 0.2) is 23.4 Å². The van der Waals surface area contributed by atoms with Crippen molar-refractivity contribution in [3.05, 3.63) is 23.5 Å². The first-order valence-electron chi connectivity index (χ1n) is 5.41. The summed E-state index contributed by atoms with van der Waals surface area (Å²) in [6, 6.07) is 1.39. The Morgan fingerprint density at radius 2 is 2.06 bits per heavy atom. The van der Waals surface area contributed by atoms with Crippen LogP contribution in [0, 0.1) is 0 Å². The third-order valence-electron chi connectivity index (χ3n) is 2.65. The van der Waals surface area contributed by atoms with Crippen molar-refractivity contribution < 1.29 is 8.42 Å². The molecule has 7 heteroatoms. The number of aromatic nitrogens is 1. The zero-order valence-corrected chi connectivity index (χ0v) is 10.8. The van der Waals surface area contributed by atoms with Gasteiger partial charge in [-0.1, -0.05) is 11.6 Å². The molecule has 1 aliphatic heterocycles. The summed E-state index contributed by atoms with van der Waals surface area (Å²) in [6.07, 6.45) is 4.31. The molecule has 0 spiro atoms. The first-order valence-corrected chi connectivity index (χ1v) is 7.28. The molecule has 1 aromatic heterocycles. The minimum absolute atomic E-state index is 0.0137. The number of halogens is 1. The molecule has 1 saturated heterocycles. The van der Waals surface area contributed by atoms with E-state index in [4.69, 9.17) is 11.6 Å². The van der Waals surface area contributed by atoms with Gasteiger partial charge < -0.3 is 5.32 Å². The van der Waals surface area contributed by atoms with Gasteiger partial charge in [0.1, 0.15) is 4.90 Å². The Morgan fingerprint density at radius 3 is 2.71 bits per heavy atom. The third kappa shape index (κ3) is 3.38. The fraction of sp³-hybridized carbons (Fsp3) is 0.500. The van der Waals surface area contributed by atoms with Gasteiger partial charge in [0.2, 0.25) is 10.0 Å². The molecule has 0 saturated carbocycles. The minimum Gasteiger partial charge on any atom is -0.317 e. The molecular formula is C10H14ClN3O2S. The Morgan fingerprint density at radius 1 is 1.35 bits per heavy atom. The highest BCUT2D eigenvalue weighted by molar-refractivity contribution is 7.89. The Labute approximate surface area is 106 Å². The smallest absolute Gasteiger partial charge is 0.242 e. The molecule has 2 heterocycles. The van der Waals surface area contributed by atoms with Gasteiger partial charge in [-0.3, -0.25) is 4.98 Å². The van der Waals surface area contributed by atoms with E-state index in [9.17, 15) is 8.42 Å². The molecule has 0 unspecified atom stereocenters. The van der Waals surface area contributed by atoms with Crippen LogP contribution in [0.4, 0.5) is 0 Å². The van der Waals surface area contributed by atoms with E-state index < -0.39 is 10.0 Å². The zero-order chi connectivity index (χ0) is 12.3. The number of nitrogens with one attached hydrogen (secondary N) is 2. The van der Waals surface area contributed by atoms with E-state index in [1.54, 1.807) is 0 Å². The topological polar surface area (TPSA) is 71.1 Å². The molecule has 2 rings (SSSR count). The van der Waals surface area contributed by atoms with E-state index in [1.165, 1.54) is 18.5 Å². The molecule has 1 aliphatic rings. The minimum atomic E-state index is -3.51. The molecule has 94 valence electrons.